The van der Waals surface area contributed by atoms with E-state index in [0.29, 0.717) is 6.42 Å². The molecule has 11 heteroatoms. The number of phosphoric acid groups is 1. The van der Waals surface area contributed by atoms with Crippen LogP contribution in [0.1, 0.15) is 20.3 Å². The Bertz CT molecular complexity index is 401. The molecule has 1 aliphatic rings. The van der Waals surface area contributed by atoms with Crippen LogP contribution in [0, 0.1) is 0 Å². The van der Waals surface area contributed by atoms with Gasteiger partial charge in [0.2, 0.25) is 0 Å². The van der Waals surface area contributed by atoms with E-state index in [0.717, 1.165) is 0 Å². The van der Waals surface area contributed by atoms with Gasteiger partial charge in [0, 0.05) is 12.1 Å². The van der Waals surface area contributed by atoms with Crippen LogP contribution >= 0.6 is 14.3 Å². The van der Waals surface area contributed by atoms with Crippen LogP contribution in [0.2, 0.25) is 0 Å². The summed E-state index contributed by atoms with van der Waals surface area (Å²) in [7, 11) is -2.74. The molecule has 1 unspecified atom stereocenters. The Labute approximate surface area is 118 Å². The van der Waals surface area contributed by atoms with Crippen molar-refractivity contribution in [1.82, 2.24) is 0 Å². The van der Waals surface area contributed by atoms with Crippen molar-refractivity contribution in [3.05, 3.63) is 0 Å². The minimum absolute atomic E-state index is 0.153. The smallest absolute Gasteiger partial charge is 0.379 e. The number of hydrogen-bond acceptors (Lipinski definition) is 5. The van der Waals surface area contributed by atoms with Gasteiger partial charge in [-0.15, -0.1) is 0 Å². The van der Waals surface area contributed by atoms with Crippen molar-refractivity contribution in [2.75, 3.05) is 6.61 Å². The van der Waals surface area contributed by atoms with Gasteiger partial charge in [0.05, 0.1) is 24.8 Å². The van der Waals surface area contributed by atoms with Gasteiger partial charge >= 0.3 is 7.82 Å². The molecular weight excluding hydrogens is 313 g/mol. The van der Waals surface area contributed by atoms with E-state index in [1.54, 1.807) is 21.7 Å². The van der Waals surface area contributed by atoms with E-state index in [4.69, 9.17) is 30.9 Å². The predicted molar refractivity (Wildman–Crippen MR) is 76.3 cm³/mol. The lowest BCUT2D eigenvalue weighted by Gasteiger charge is -2.25. The minimum atomic E-state index is -4.50. The Morgan fingerprint density at radius 3 is 2.53 bits per heavy atom. The first-order valence-corrected chi connectivity index (χ1v) is 10.1. The Balaban J connectivity index is 2.52. The summed E-state index contributed by atoms with van der Waals surface area (Å²) < 4.78 is 26.0. The number of rotatable bonds is 6. The molecule has 0 bridgehead atoms. The SMILES string of the molecule is B[C@@H]1O[C@H](COP(=O)(O)O)C[C@H]1OP(O)(=S)C(C)C. The third-order valence-corrected chi connectivity index (χ3v) is 6.68. The fourth-order valence-corrected chi connectivity index (χ4v) is 3.21. The quantitative estimate of drug-likeness (QED) is 0.459. The molecule has 4 atom stereocenters. The van der Waals surface area contributed by atoms with Gasteiger partial charge in [-0.2, -0.15) is 0 Å². The van der Waals surface area contributed by atoms with Crippen LogP contribution in [0.25, 0.3) is 0 Å². The molecule has 0 amide bonds. The number of ether oxygens (including phenoxy) is 1. The lowest BCUT2D eigenvalue weighted by atomic mass is 9.95. The van der Waals surface area contributed by atoms with E-state index < -0.39 is 20.4 Å². The van der Waals surface area contributed by atoms with Gasteiger partial charge in [-0.1, -0.05) is 13.8 Å². The molecule has 1 rings (SSSR count). The second-order valence-electron chi connectivity index (χ2n) is 4.79. The molecule has 0 saturated carbocycles. The summed E-state index contributed by atoms with van der Waals surface area (Å²) in [5, 5.41) is 0. The monoisotopic (exact) mass is 332 g/mol. The van der Waals surface area contributed by atoms with Gasteiger partial charge in [0.1, 0.15) is 7.85 Å². The molecule has 1 fully saturated rings. The summed E-state index contributed by atoms with van der Waals surface area (Å²) in [6.07, 6.45) is -0.481. The molecule has 0 aromatic carbocycles. The molecule has 19 heavy (non-hydrogen) atoms. The number of hydrogen-bond donors (Lipinski definition) is 3. The molecule has 0 aromatic rings. The van der Waals surface area contributed by atoms with E-state index in [2.05, 4.69) is 4.52 Å². The summed E-state index contributed by atoms with van der Waals surface area (Å²) in [5.41, 5.74) is -0.153. The zero-order valence-corrected chi connectivity index (χ0v) is 13.6. The molecule has 1 saturated heterocycles. The maximum absolute atomic E-state index is 10.6. The van der Waals surface area contributed by atoms with E-state index in [9.17, 15) is 9.46 Å². The van der Waals surface area contributed by atoms with Crippen molar-refractivity contribution >= 4 is 34.0 Å². The van der Waals surface area contributed by atoms with Crippen molar-refractivity contribution in [1.29, 1.82) is 0 Å². The molecule has 7 nitrogen and oxygen atoms in total. The largest absolute Gasteiger partial charge is 0.469 e. The molecule has 0 aromatic heterocycles. The number of phosphoric ester groups is 1. The Kier molecular flexibility index (Phi) is 6.21. The highest BCUT2D eigenvalue weighted by atomic mass is 32.5. The summed E-state index contributed by atoms with van der Waals surface area (Å²) in [6, 6.07) is -0.307. The van der Waals surface area contributed by atoms with Crippen LogP contribution in [0.15, 0.2) is 0 Å². The average molecular weight is 332 g/mol. The maximum Gasteiger partial charge on any atom is 0.469 e. The Hall–Kier alpha value is 0.705. The topological polar surface area (TPSA) is 105 Å². The zero-order valence-electron chi connectivity index (χ0n) is 11.0. The molecule has 3 N–H and O–H groups in total. The van der Waals surface area contributed by atoms with Gasteiger partial charge in [-0.05, 0) is 11.8 Å². The molecule has 0 radical (unpaired) electrons. The van der Waals surface area contributed by atoms with Gasteiger partial charge < -0.3 is 23.9 Å². The normalized spacial score (nSPS) is 31.6. The van der Waals surface area contributed by atoms with Crippen molar-refractivity contribution in [2.45, 2.75) is 44.1 Å². The molecular formula is C8H19BO7P2S. The molecule has 1 aliphatic heterocycles. The average Bonchev–Trinajstić information content (AvgIpc) is 2.55. The van der Waals surface area contributed by atoms with Crippen LogP contribution in [0.3, 0.4) is 0 Å². The molecule has 1 heterocycles. The van der Waals surface area contributed by atoms with E-state index in [-0.39, 0.29) is 24.4 Å². The second-order valence-corrected chi connectivity index (χ2v) is 9.97. The van der Waals surface area contributed by atoms with Crippen LogP contribution in [-0.4, -0.2) is 53.0 Å². The first-order valence-electron chi connectivity index (χ1n) is 5.87. The fraction of sp³-hybridized carbons (Fsp3) is 1.00. The Morgan fingerprint density at radius 1 is 1.47 bits per heavy atom. The highest BCUT2D eigenvalue weighted by Gasteiger charge is 2.37. The third-order valence-electron chi connectivity index (χ3n) is 2.79. The van der Waals surface area contributed by atoms with Crippen LogP contribution < -0.4 is 0 Å². The van der Waals surface area contributed by atoms with Gasteiger partial charge in [-0.3, -0.25) is 4.52 Å². The van der Waals surface area contributed by atoms with Gasteiger partial charge in [0.25, 0.3) is 0 Å². The molecule has 112 valence electrons. The third kappa shape index (κ3) is 5.92. The van der Waals surface area contributed by atoms with Crippen molar-refractivity contribution < 1.29 is 33.0 Å². The first kappa shape index (κ1) is 17.8. The standard InChI is InChI=1S/C8H19BO7P2S/c1-5(2)17(10,19)16-7-3-6(15-8(7)9)4-14-18(11,12)13/h5-8H,3-4,9H2,1-2H3,(H,10,19)(H2,11,12,13)/t6-,7+,8+,17?/m0/s1. The minimum Gasteiger partial charge on any atom is -0.379 e. The lowest BCUT2D eigenvalue weighted by Crippen LogP contribution is -2.24. The van der Waals surface area contributed by atoms with Crippen LogP contribution in [0.5, 0.6) is 0 Å². The summed E-state index contributed by atoms with van der Waals surface area (Å²) in [6.45, 7) is 0.487. The van der Waals surface area contributed by atoms with Crippen LogP contribution in [-0.2, 0) is 30.2 Å². The van der Waals surface area contributed by atoms with Gasteiger partial charge in [-0.25, -0.2) is 4.57 Å². The highest BCUT2D eigenvalue weighted by Crippen LogP contribution is 2.50. The predicted octanol–water partition coefficient (Wildman–Crippen LogP) is -0.0608. The second kappa shape index (κ2) is 6.64. The van der Waals surface area contributed by atoms with E-state index in [1.807, 2.05) is 0 Å². The van der Waals surface area contributed by atoms with E-state index in [1.165, 1.54) is 0 Å². The summed E-state index contributed by atoms with van der Waals surface area (Å²) >= 11 is 5.05. The Morgan fingerprint density at radius 2 is 2.05 bits per heavy atom. The van der Waals surface area contributed by atoms with Crippen molar-refractivity contribution in [2.24, 2.45) is 0 Å². The fourth-order valence-electron chi connectivity index (χ4n) is 1.63. The van der Waals surface area contributed by atoms with E-state index >= 15 is 0 Å². The van der Waals surface area contributed by atoms with Crippen molar-refractivity contribution in [3.63, 3.8) is 0 Å². The summed E-state index contributed by atoms with van der Waals surface area (Å²) in [4.78, 5) is 27.2. The highest BCUT2D eigenvalue weighted by molar-refractivity contribution is 8.09. The lowest BCUT2D eigenvalue weighted by molar-refractivity contribution is 0.0317. The maximum atomic E-state index is 10.6. The molecule has 0 spiro atoms. The summed E-state index contributed by atoms with van der Waals surface area (Å²) in [5.74, 6) is 0. The van der Waals surface area contributed by atoms with Gasteiger partial charge in [0.15, 0.2) is 6.49 Å². The van der Waals surface area contributed by atoms with Crippen LogP contribution in [0.4, 0.5) is 0 Å². The zero-order chi connectivity index (χ0) is 14.8. The van der Waals surface area contributed by atoms with Crippen molar-refractivity contribution in [3.8, 4) is 0 Å². The molecule has 0 aliphatic carbocycles. The first-order chi connectivity index (χ1) is 8.51.